The Labute approximate surface area is 181 Å². The molecule has 10 heteroatoms. The van der Waals surface area contributed by atoms with Crippen LogP contribution in [0.25, 0.3) is 0 Å². The van der Waals surface area contributed by atoms with Crippen molar-refractivity contribution in [1.29, 1.82) is 0 Å². The first-order valence-corrected chi connectivity index (χ1v) is 10.6. The lowest BCUT2D eigenvalue weighted by atomic mass is 10.0. The van der Waals surface area contributed by atoms with E-state index in [1.165, 1.54) is 30.0 Å². The number of carbonyl (C=O) groups is 1. The van der Waals surface area contributed by atoms with Gasteiger partial charge in [0.25, 0.3) is 0 Å². The van der Waals surface area contributed by atoms with Crippen molar-refractivity contribution in [1.82, 2.24) is 14.9 Å². The van der Waals surface area contributed by atoms with Gasteiger partial charge in [-0.15, -0.1) is 10.2 Å². The van der Waals surface area contributed by atoms with Crippen LogP contribution in [0, 0.1) is 6.92 Å². The number of aryl methyl sites for hydroxylation is 2. The van der Waals surface area contributed by atoms with Gasteiger partial charge in [-0.1, -0.05) is 60.6 Å². The van der Waals surface area contributed by atoms with Crippen LogP contribution in [-0.2, 0) is 17.4 Å². The molecule has 31 heavy (non-hydrogen) atoms. The highest BCUT2D eigenvalue weighted by molar-refractivity contribution is 8.00. The normalized spacial score (nSPS) is 18.2. The van der Waals surface area contributed by atoms with Crippen molar-refractivity contribution in [3.8, 4) is 0 Å². The van der Waals surface area contributed by atoms with Crippen LogP contribution in [0.3, 0.4) is 0 Å². The lowest BCUT2D eigenvalue weighted by Crippen LogP contribution is -2.41. The van der Waals surface area contributed by atoms with Crippen molar-refractivity contribution < 1.29 is 18.0 Å². The van der Waals surface area contributed by atoms with Crippen LogP contribution in [0.4, 0.5) is 18.9 Å². The molecule has 2 heterocycles. The summed E-state index contributed by atoms with van der Waals surface area (Å²) in [6.07, 6.45) is -3.94. The van der Waals surface area contributed by atoms with Crippen molar-refractivity contribution >= 4 is 23.4 Å². The maximum absolute atomic E-state index is 13.4. The molecular formula is C21H20F3N5OS. The Morgan fingerprint density at radius 3 is 2.55 bits per heavy atom. The van der Waals surface area contributed by atoms with E-state index in [4.69, 9.17) is 0 Å². The summed E-state index contributed by atoms with van der Waals surface area (Å²) < 4.78 is 41.8. The van der Waals surface area contributed by atoms with E-state index in [0.717, 1.165) is 17.2 Å². The fraction of sp³-hybridized carbons (Fsp3) is 0.286. The zero-order valence-corrected chi connectivity index (χ0v) is 17.6. The van der Waals surface area contributed by atoms with Gasteiger partial charge >= 0.3 is 6.18 Å². The van der Waals surface area contributed by atoms with Crippen molar-refractivity contribution in [2.75, 3.05) is 10.7 Å². The molecule has 162 valence electrons. The molecule has 2 aromatic carbocycles. The van der Waals surface area contributed by atoms with Gasteiger partial charge in [-0.25, -0.2) is 4.68 Å². The van der Waals surface area contributed by atoms with Crippen molar-refractivity contribution in [2.24, 2.45) is 0 Å². The molecule has 1 aliphatic rings. The van der Waals surface area contributed by atoms with Crippen molar-refractivity contribution in [2.45, 2.75) is 42.9 Å². The Hall–Kier alpha value is -3.01. The number of rotatable bonds is 4. The third-order valence-corrected chi connectivity index (χ3v) is 6.22. The summed E-state index contributed by atoms with van der Waals surface area (Å²) in [4.78, 5) is 13.2. The summed E-state index contributed by atoms with van der Waals surface area (Å²) >= 11 is 1.17. The molecule has 0 unspecified atom stereocenters. The fourth-order valence-electron chi connectivity index (χ4n) is 3.39. The summed E-state index contributed by atoms with van der Waals surface area (Å²) in [5.74, 6) is 0.160. The molecular weight excluding hydrogens is 427 g/mol. The first-order valence-electron chi connectivity index (χ1n) is 9.69. The molecule has 1 aromatic heterocycles. The van der Waals surface area contributed by atoms with E-state index in [-0.39, 0.29) is 5.69 Å². The minimum Gasteiger partial charge on any atom is -0.324 e. The van der Waals surface area contributed by atoms with E-state index in [2.05, 4.69) is 20.9 Å². The Morgan fingerprint density at radius 2 is 1.87 bits per heavy atom. The quantitative estimate of drug-likeness (QED) is 0.613. The minimum atomic E-state index is -4.58. The first kappa shape index (κ1) is 21.2. The summed E-state index contributed by atoms with van der Waals surface area (Å²) in [6.45, 7) is 3.90. The number of carbonyl (C=O) groups excluding carboxylic acids is 1. The number of anilines is 1. The van der Waals surface area contributed by atoms with Gasteiger partial charge in [-0.3, -0.25) is 4.79 Å². The maximum atomic E-state index is 13.4. The number of benzene rings is 2. The molecule has 3 aromatic rings. The topological polar surface area (TPSA) is 71.8 Å². The van der Waals surface area contributed by atoms with E-state index in [1.807, 2.05) is 38.1 Å². The van der Waals surface area contributed by atoms with Crippen LogP contribution in [0.5, 0.6) is 0 Å². The summed E-state index contributed by atoms with van der Waals surface area (Å²) in [5.41, 5.74) is 4.02. The van der Waals surface area contributed by atoms with Gasteiger partial charge in [0.05, 0.1) is 17.3 Å². The monoisotopic (exact) mass is 447 g/mol. The molecule has 0 fully saturated rings. The number of para-hydroxylation sites is 1. The Kier molecular flexibility index (Phi) is 5.65. The number of alkyl halides is 3. The van der Waals surface area contributed by atoms with Crippen LogP contribution in [0.2, 0.25) is 0 Å². The van der Waals surface area contributed by atoms with Crippen LogP contribution >= 0.6 is 11.8 Å². The SMILES string of the molecule is CCc1nnc2n1N[C@@H](c1ccc(C)cc1)[C@H](C(=O)Nc1ccccc1C(F)(F)F)S2. The van der Waals surface area contributed by atoms with Crippen LogP contribution in [0.15, 0.2) is 53.7 Å². The molecule has 2 N–H and O–H groups in total. The van der Waals surface area contributed by atoms with Gasteiger partial charge in [-0.05, 0) is 24.6 Å². The van der Waals surface area contributed by atoms with Gasteiger partial charge in [0, 0.05) is 6.42 Å². The average molecular weight is 447 g/mol. The molecule has 1 amide bonds. The molecule has 0 radical (unpaired) electrons. The number of amides is 1. The van der Waals surface area contributed by atoms with E-state index in [1.54, 1.807) is 4.68 Å². The number of hydrogen-bond donors (Lipinski definition) is 2. The highest BCUT2D eigenvalue weighted by atomic mass is 32.2. The first-order chi connectivity index (χ1) is 14.8. The van der Waals surface area contributed by atoms with Crippen molar-refractivity contribution in [3.05, 3.63) is 71.0 Å². The van der Waals surface area contributed by atoms with Crippen LogP contribution < -0.4 is 10.7 Å². The number of halogens is 3. The van der Waals surface area contributed by atoms with Gasteiger partial charge in [0.15, 0.2) is 5.82 Å². The molecule has 0 saturated heterocycles. The molecule has 0 spiro atoms. The molecule has 0 saturated carbocycles. The third kappa shape index (κ3) is 4.25. The Morgan fingerprint density at radius 1 is 1.16 bits per heavy atom. The number of hydrogen-bond acceptors (Lipinski definition) is 5. The predicted octanol–water partition coefficient (Wildman–Crippen LogP) is 4.57. The molecule has 0 aliphatic carbocycles. The largest absolute Gasteiger partial charge is 0.418 e. The number of aromatic nitrogens is 3. The molecule has 6 nitrogen and oxygen atoms in total. The van der Waals surface area contributed by atoms with Gasteiger partial charge in [0.2, 0.25) is 11.1 Å². The lowest BCUT2D eigenvalue weighted by molar-refractivity contribution is -0.137. The predicted molar refractivity (Wildman–Crippen MR) is 112 cm³/mol. The van der Waals surface area contributed by atoms with E-state index in [0.29, 0.717) is 17.4 Å². The number of nitrogens with one attached hydrogen (secondary N) is 2. The van der Waals surface area contributed by atoms with Crippen LogP contribution in [0.1, 0.15) is 35.5 Å². The highest BCUT2D eigenvalue weighted by Gasteiger charge is 2.39. The van der Waals surface area contributed by atoms with Crippen LogP contribution in [-0.4, -0.2) is 26.0 Å². The molecule has 2 atom stereocenters. The molecule has 0 bridgehead atoms. The maximum Gasteiger partial charge on any atom is 0.418 e. The number of thioether (sulfide) groups is 1. The van der Waals surface area contributed by atoms with Crippen molar-refractivity contribution in [3.63, 3.8) is 0 Å². The molecule has 1 aliphatic heterocycles. The zero-order chi connectivity index (χ0) is 22.2. The summed E-state index contributed by atoms with van der Waals surface area (Å²) in [7, 11) is 0. The second-order valence-electron chi connectivity index (χ2n) is 7.18. The fourth-order valence-corrected chi connectivity index (χ4v) is 4.49. The standard InChI is InChI=1S/C21H20F3N5OS/c1-3-16-26-27-20-29(16)28-17(13-10-8-12(2)9-11-13)18(31-20)19(30)25-15-7-5-4-6-14(15)21(22,23)24/h4-11,17-18,28H,3H2,1-2H3,(H,25,30)/t17-,18+/m0/s1. The highest BCUT2D eigenvalue weighted by Crippen LogP contribution is 2.39. The second-order valence-corrected chi connectivity index (χ2v) is 8.28. The van der Waals surface area contributed by atoms with E-state index in [9.17, 15) is 18.0 Å². The number of fused-ring (bicyclic) bond motifs is 1. The molecule has 4 rings (SSSR count). The second kappa shape index (κ2) is 8.26. The van der Waals surface area contributed by atoms with Gasteiger partial charge < -0.3 is 10.7 Å². The summed E-state index contributed by atoms with van der Waals surface area (Å²) in [6, 6.07) is 12.1. The van der Waals surface area contributed by atoms with Gasteiger partial charge in [0.1, 0.15) is 5.25 Å². The van der Waals surface area contributed by atoms with Gasteiger partial charge in [-0.2, -0.15) is 13.2 Å². The van der Waals surface area contributed by atoms with E-state index < -0.39 is 28.9 Å². The Balaban J connectivity index is 1.69. The Bertz CT molecular complexity index is 1100. The lowest BCUT2D eigenvalue weighted by Gasteiger charge is -2.33. The third-order valence-electron chi connectivity index (χ3n) is 5.01. The minimum absolute atomic E-state index is 0.274. The average Bonchev–Trinajstić information content (AvgIpc) is 3.15. The zero-order valence-electron chi connectivity index (χ0n) is 16.8. The number of nitrogens with zero attached hydrogens (tertiary/aromatic N) is 3. The summed E-state index contributed by atoms with van der Waals surface area (Å²) in [5, 5.41) is 10.5. The van der Waals surface area contributed by atoms with E-state index >= 15 is 0 Å². The smallest absolute Gasteiger partial charge is 0.324 e.